The minimum Gasteiger partial charge on any atom is -0.369 e. The highest BCUT2D eigenvalue weighted by atomic mass is 19.4. The molecule has 0 saturated carbocycles. The number of carbonyl (C=O) groups is 2. The molecule has 3 aromatic rings. The number of rotatable bonds is 4. The fourth-order valence-corrected chi connectivity index (χ4v) is 3.82. The fraction of sp³-hybridized carbons (Fsp3) is 0.273. The molecule has 1 fully saturated rings. The topological polar surface area (TPSA) is 75.2 Å². The number of benzene rings is 2. The normalized spacial score (nSPS) is 16.5. The molecule has 1 aromatic heterocycles. The van der Waals surface area contributed by atoms with Crippen LogP contribution in [0.2, 0.25) is 0 Å². The van der Waals surface area contributed by atoms with Crippen LogP contribution in [-0.4, -0.2) is 40.8 Å². The predicted octanol–water partition coefficient (Wildman–Crippen LogP) is 3.86. The Bertz CT molecular complexity index is 1160. The molecular formula is C22H19F3N4O2. The third-order valence-electron chi connectivity index (χ3n) is 5.35. The number of carbonyl (C=O) groups excluding carboxylic acids is 2. The molecule has 1 amide bonds. The zero-order valence-electron chi connectivity index (χ0n) is 16.6. The van der Waals surface area contributed by atoms with Crippen LogP contribution in [0.15, 0.2) is 48.9 Å². The maximum atomic E-state index is 12.9. The van der Waals surface area contributed by atoms with Crippen molar-refractivity contribution in [1.29, 1.82) is 0 Å². The summed E-state index contributed by atoms with van der Waals surface area (Å²) in [6.07, 6.45) is -0.830. The van der Waals surface area contributed by atoms with Gasteiger partial charge in [0.05, 0.1) is 11.1 Å². The van der Waals surface area contributed by atoms with Gasteiger partial charge in [-0.3, -0.25) is 9.59 Å². The highest BCUT2D eigenvalue weighted by molar-refractivity contribution is 6.08. The van der Waals surface area contributed by atoms with Gasteiger partial charge in [0.2, 0.25) is 0 Å². The SMILES string of the molecule is CC(=O)c1ccc(N2CCC(NC(=O)c3cccc(C(F)(F)F)c3)C2)c2cncnc12. The Hall–Kier alpha value is -3.49. The van der Waals surface area contributed by atoms with E-state index in [-0.39, 0.29) is 17.4 Å². The van der Waals surface area contributed by atoms with E-state index in [1.165, 1.54) is 25.4 Å². The minimum atomic E-state index is -4.50. The van der Waals surface area contributed by atoms with Gasteiger partial charge >= 0.3 is 6.18 Å². The van der Waals surface area contributed by atoms with Gasteiger partial charge in [-0.2, -0.15) is 13.2 Å². The second-order valence-corrected chi connectivity index (χ2v) is 7.46. The number of nitrogens with zero attached hydrogens (tertiary/aromatic N) is 3. The third kappa shape index (κ3) is 4.21. The molecule has 4 rings (SSSR count). The number of halogens is 3. The van der Waals surface area contributed by atoms with Crippen LogP contribution in [0, 0.1) is 0 Å². The highest BCUT2D eigenvalue weighted by Crippen LogP contribution is 2.31. The summed E-state index contributed by atoms with van der Waals surface area (Å²) in [5, 5.41) is 3.55. The summed E-state index contributed by atoms with van der Waals surface area (Å²) >= 11 is 0. The Balaban J connectivity index is 1.51. The van der Waals surface area contributed by atoms with Gasteiger partial charge < -0.3 is 10.2 Å². The van der Waals surface area contributed by atoms with Crippen LogP contribution in [0.3, 0.4) is 0 Å². The Morgan fingerprint density at radius 2 is 2.00 bits per heavy atom. The van der Waals surface area contributed by atoms with Crippen LogP contribution in [-0.2, 0) is 6.18 Å². The van der Waals surface area contributed by atoms with Crippen molar-refractivity contribution in [3.63, 3.8) is 0 Å². The maximum absolute atomic E-state index is 12.9. The summed E-state index contributed by atoms with van der Waals surface area (Å²) in [7, 11) is 0. The zero-order valence-corrected chi connectivity index (χ0v) is 16.6. The van der Waals surface area contributed by atoms with Crippen molar-refractivity contribution in [3.8, 4) is 0 Å². The van der Waals surface area contributed by atoms with Crippen LogP contribution < -0.4 is 10.2 Å². The van der Waals surface area contributed by atoms with Gasteiger partial charge in [-0.05, 0) is 43.7 Å². The quantitative estimate of drug-likeness (QED) is 0.639. The lowest BCUT2D eigenvalue weighted by atomic mass is 10.1. The first-order chi connectivity index (χ1) is 14.7. The van der Waals surface area contributed by atoms with Crippen molar-refractivity contribution in [3.05, 3.63) is 65.6 Å². The van der Waals surface area contributed by atoms with Gasteiger partial charge in [0.15, 0.2) is 5.78 Å². The number of Topliss-reactive ketones (excluding diaryl/α,β-unsaturated/α-hetero) is 1. The van der Waals surface area contributed by atoms with E-state index in [0.29, 0.717) is 30.6 Å². The molecule has 160 valence electrons. The van der Waals surface area contributed by atoms with Crippen LogP contribution in [0.4, 0.5) is 18.9 Å². The first kappa shape index (κ1) is 20.8. The predicted molar refractivity (Wildman–Crippen MR) is 109 cm³/mol. The number of hydrogen-bond acceptors (Lipinski definition) is 5. The van der Waals surface area contributed by atoms with Gasteiger partial charge in [-0.1, -0.05) is 6.07 Å². The largest absolute Gasteiger partial charge is 0.416 e. The Morgan fingerprint density at radius 3 is 2.74 bits per heavy atom. The molecule has 0 spiro atoms. The van der Waals surface area contributed by atoms with Crippen molar-refractivity contribution in [2.75, 3.05) is 18.0 Å². The number of fused-ring (bicyclic) bond motifs is 1. The van der Waals surface area contributed by atoms with Crippen molar-refractivity contribution in [2.45, 2.75) is 25.6 Å². The second-order valence-electron chi connectivity index (χ2n) is 7.46. The molecule has 9 heteroatoms. The molecule has 6 nitrogen and oxygen atoms in total. The average Bonchev–Trinajstić information content (AvgIpc) is 3.20. The second kappa shape index (κ2) is 7.98. The molecule has 1 unspecified atom stereocenters. The standard InChI is InChI=1S/C22H19F3N4O2/c1-13(30)17-5-6-19(18-10-26-12-27-20(17)18)29-8-7-16(11-29)28-21(31)14-3-2-4-15(9-14)22(23,24)25/h2-6,9-10,12,16H,7-8,11H2,1H3,(H,28,31). The van der Waals surface area contributed by atoms with Gasteiger partial charge in [0.1, 0.15) is 6.33 Å². The molecule has 1 N–H and O–H groups in total. The maximum Gasteiger partial charge on any atom is 0.416 e. The van der Waals surface area contributed by atoms with E-state index in [2.05, 4.69) is 15.3 Å². The van der Waals surface area contributed by atoms with Gasteiger partial charge in [-0.15, -0.1) is 0 Å². The molecule has 31 heavy (non-hydrogen) atoms. The van der Waals surface area contributed by atoms with E-state index in [4.69, 9.17) is 0 Å². The molecule has 1 saturated heterocycles. The molecular weight excluding hydrogens is 409 g/mol. The number of amides is 1. The van der Waals surface area contributed by atoms with Crippen LogP contribution in [0.1, 0.15) is 39.6 Å². The molecule has 2 aromatic carbocycles. The Labute approximate surface area is 176 Å². The number of anilines is 1. The van der Waals surface area contributed by atoms with Gasteiger partial charge in [-0.25, -0.2) is 9.97 Å². The van der Waals surface area contributed by atoms with E-state index in [1.807, 2.05) is 11.0 Å². The molecule has 2 heterocycles. The fourth-order valence-electron chi connectivity index (χ4n) is 3.82. The van der Waals surface area contributed by atoms with Crippen LogP contribution >= 0.6 is 0 Å². The summed E-state index contributed by atoms with van der Waals surface area (Å²) in [6.45, 7) is 2.59. The van der Waals surface area contributed by atoms with Gasteiger partial charge in [0, 0.05) is 47.5 Å². The monoisotopic (exact) mass is 428 g/mol. The van der Waals surface area contributed by atoms with Crippen molar-refractivity contribution < 1.29 is 22.8 Å². The van der Waals surface area contributed by atoms with Gasteiger partial charge in [0.25, 0.3) is 5.91 Å². The smallest absolute Gasteiger partial charge is 0.369 e. The van der Waals surface area contributed by atoms with Crippen molar-refractivity contribution >= 4 is 28.3 Å². The first-order valence-electron chi connectivity index (χ1n) is 9.71. The highest BCUT2D eigenvalue weighted by Gasteiger charge is 2.31. The summed E-state index contributed by atoms with van der Waals surface area (Å²) in [4.78, 5) is 34.8. The minimum absolute atomic E-state index is 0.0297. The summed E-state index contributed by atoms with van der Waals surface area (Å²) in [6, 6.07) is 7.71. The number of ketones is 1. The molecule has 0 radical (unpaired) electrons. The van der Waals surface area contributed by atoms with Crippen molar-refractivity contribution in [1.82, 2.24) is 15.3 Å². The summed E-state index contributed by atoms with van der Waals surface area (Å²) < 4.78 is 38.7. The Kier molecular flexibility index (Phi) is 5.34. The van der Waals surface area contributed by atoms with Crippen LogP contribution in [0.25, 0.3) is 10.9 Å². The number of hydrogen-bond donors (Lipinski definition) is 1. The molecule has 0 bridgehead atoms. The van der Waals surface area contributed by atoms with E-state index in [0.717, 1.165) is 23.2 Å². The number of alkyl halides is 3. The lowest BCUT2D eigenvalue weighted by Crippen LogP contribution is -2.37. The first-order valence-corrected chi connectivity index (χ1v) is 9.71. The van der Waals surface area contributed by atoms with Crippen molar-refractivity contribution in [2.24, 2.45) is 0 Å². The van der Waals surface area contributed by atoms with E-state index in [9.17, 15) is 22.8 Å². The summed E-state index contributed by atoms with van der Waals surface area (Å²) in [5.41, 5.74) is 1.03. The lowest BCUT2D eigenvalue weighted by Gasteiger charge is -2.21. The Morgan fingerprint density at radius 1 is 1.19 bits per heavy atom. The molecule has 1 aliphatic heterocycles. The zero-order chi connectivity index (χ0) is 22.2. The molecule has 1 atom stereocenters. The molecule has 1 aliphatic rings. The summed E-state index contributed by atoms with van der Waals surface area (Å²) in [5.74, 6) is -0.638. The van der Waals surface area contributed by atoms with E-state index in [1.54, 1.807) is 12.3 Å². The lowest BCUT2D eigenvalue weighted by molar-refractivity contribution is -0.137. The molecule has 0 aliphatic carbocycles. The van der Waals surface area contributed by atoms with E-state index < -0.39 is 17.6 Å². The third-order valence-corrected chi connectivity index (χ3v) is 5.35. The average molecular weight is 428 g/mol. The number of nitrogens with one attached hydrogen (secondary N) is 1. The number of aromatic nitrogens is 2. The van der Waals surface area contributed by atoms with Crippen LogP contribution in [0.5, 0.6) is 0 Å². The van der Waals surface area contributed by atoms with E-state index >= 15 is 0 Å².